The van der Waals surface area contributed by atoms with Crippen molar-refractivity contribution < 1.29 is 4.79 Å². The molecule has 0 aliphatic rings. The number of nitrogens with zero attached hydrogens (tertiary/aromatic N) is 1. The summed E-state index contributed by atoms with van der Waals surface area (Å²) in [7, 11) is 0. The lowest BCUT2D eigenvalue weighted by molar-refractivity contribution is 0.0994. The minimum atomic E-state index is 0.0569. The van der Waals surface area contributed by atoms with Crippen molar-refractivity contribution in [3.05, 3.63) is 71.9 Å². The molecule has 1 heterocycles. The smallest absolute Gasteiger partial charge is 0.167 e. The predicted molar refractivity (Wildman–Crippen MR) is 80.6 cm³/mol. The number of carbonyl (C=O) groups excluding carboxylic acids is 1. The second-order valence-corrected chi connectivity index (χ2v) is 4.67. The lowest BCUT2D eigenvalue weighted by atomic mass is 9.98. The summed E-state index contributed by atoms with van der Waals surface area (Å²) in [6.07, 6.45) is 1.90. The van der Waals surface area contributed by atoms with Gasteiger partial charge in [0.1, 0.15) is 5.82 Å². The normalized spacial score (nSPS) is 10.6. The number of pyridine rings is 1. The molecule has 0 saturated carbocycles. The molecule has 1 aromatic heterocycles. The maximum atomic E-state index is 12.5. The van der Waals surface area contributed by atoms with E-state index < -0.39 is 0 Å². The number of hydrogen-bond acceptors (Lipinski definition) is 3. The Bertz CT molecular complexity index is 775. The summed E-state index contributed by atoms with van der Waals surface area (Å²) >= 11 is 0. The first-order valence-corrected chi connectivity index (χ1v) is 6.46. The van der Waals surface area contributed by atoms with Gasteiger partial charge in [-0.05, 0) is 16.8 Å². The Balaban J connectivity index is 1.99. The molecule has 3 aromatic rings. The Hall–Kier alpha value is -2.68. The Morgan fingerprint density at radius 3 is 2.65 bits per heavy atom. The van der Waals surface area contributed by atoms with Crippen LogP contribution in [-0.4, -0.2) is 10.8 Å². The molecule has 0 bridgehead atoms. The van der Waals surface area contributed by atoms with Gasteiger partial charge in [0.05, 0.1) is 0 Å². The van der Waals surface area contributed by atoms with Crippen molar-refractivity contribution in [2.24, 2.45) is 0 Å². The summed E-state index contributed by atoms with van der Waals surface area (Å²) in [6.45, 7) is 0. The molecular weight excluding hydrogens is 248 g/mol. The molecule has 3 nitrogen and oxygen atoms in total. The molecule has 3 heteroatoms. The number of ketones is 1. The first kappa shape index (κ1) is 12.4. The second kappa shape index (κ2) is 5.13. The molecule has 0 unspecified atom stereocenters. The van der Waals surface area contributed by atoms with Gasteiger partial charge in [0.2, 0.25) is 0 Å². The highest BCUT2D eigenvalue weighted by molar-refractivity contribution is 6.09. The van der Waals surface area contributed by atoms with E-state index in [1.165, 1.54) is 0 Å². The van der Waals surface area contributed by atoms with E-state index in [0.29, 0.717) is 5.82 Å². The molecule has 0 amide bonds. The maximum absolute atomic E-state index is 12.5. The third-order valence-electron chi connectivity index (χ3n) is 3.37. The molecule has 0 aliphatic carbocycles. The van der Waals surface area contributed by atoms with Gasteiger partial charge in [-0.3, -0.25) is 4.79 Å². The van der Waals surface area contributed by atoms with Crippen LogP contribution in [0.5, 0.6) is 0 Å². The highest BCUT2D eigenvalue weighted by atomic mass is 16.1. The molecule has 0 saturated heterocycles. The van der Waals surface area contributed by atoms with Crippen LogP contribution in [0, 0.1) is 0 Å². The van der Waals surface area contributed by atoms with Gasteiger partial charge in [0.25, 0.3) is 0 Å². The van der Waals surface area contributed by atoms with E-state index in [4.69, 9.17) is 5.73 Å². The molecule has 0 aliphatic heterocycles. The highest BCUT2D eigenvalue weighted by Crippen LogP contribution is 2.21. The summed E-state index contributed by atoms with van der Waals surface area (Å²) in [4.78, 5) is 16.5. The van der Waals surface area contributed by atoms with Gasteiger partial charge in [0, 0.05) is 23.7 Å². The minimum Gasteiger partial charge on any atom is -0.383 e. The number of benzene rings is 2. The summed E-state index contributed by atoms with van der Waals surface area (Å²) in [5.41, 5.74) is 7.29. The number of nitrogen functional groups attached to an aromatic ring is 1. The SMILES string of the molecule is Nc1ncccc1CC(=O)c1cccc2ccccc12. The topological polar surface area (TPSA) is 56.0 Å². The van der Waals surface area contributed by atoms with Crippen molar-refractivity contribution in [3.63, 3.8) is 0 Å². The summed E-state index contributed by atoms with van der Waals surface area (Å²) in [5.74, 6) is 0.475. The third kappa shape index (κ3) is 2.26. The molecule has 0 spiro atoms. The Morgan fingerprint density at radius 1 is 1.00 bits per heavy atom. The summed E-state index contributed by atoms with van der Waals surface area (Å²) in [5, 5.41) is 2.04. The lowest BCUT2D eigenvalue weighted by Gasteiger charge is -2.07. The average molecular weight is 262 g/mol. The van der Waals surface area contributed by atoms with E-state index in [1.54, 1.807) is 12.3 Å². The fraction of sp³-hybridized carbons (Fsp3) is 0.0588. The van der Waals surface area contributed by atoms with E-state index in [1.807, 2.05) is 48.5 Å². The van der Waals surface area contributed by atoms with Crippen LogP contribution in [0.1, 0.15) is 15.9 Å². The van der Waals surface area contributed by atoms with Gasteiger partial charge in [0.15, 0.2) is 5.78 Å². The minimum absolute atomic E-state index is 0.0569. The number of Topliss-reactive ketones (excluding diaryl/α,β-unsaturated/α-hetero) is 1. The summed E-state index contributed by atoms with van der Waals surface area (Å²) in [6, 6.07) is 17.3. The third-order valence-corrected chi connectivity index (χ3v) is 3.37. The zero-order chi connectivity index (χ0) is 13.9. The van der Waals surface area contributed by atoms with Gasteiger partial charge in [-0.25, -0.2) is 4.98 Å². The molecule has 0 atom stereocenters. The van der Waals surface area contributed by atoms with E-state index in [2.05, 4.69) is 4.98 Å². The number of rotatable bonds is 3. The maximum Gasteiger partial charge on any atom is 0.167 e. The standard InChI is InChI=1S/C17H14N2O/c18-17-13(7-4-10-19-17)11-16(20)15-9-3-6-12-5-1-2-8-14(12)15/h1-10H,11H2,(H2,18,19). The predicted octanol–water partition coefficient (Wildman–Crippen LogP) is 3.24. The first-order valence-electron chi connectivity index (χ1n) is 6.46. The Morgan fingerprint density at radius 2 is 1.80 bits per heavy atom. The number of fused-ring (bicyclic) bond motifs is 1. The van der Waals surface area contributed by atoms with Gasteiger partial charge in [-0.2, -0.15) is 0 Å². The second-order valence-electron chi connectivity index (χ2n) is 4.67. The zero-order valence-corrected chi connectivity index (χ0v) is 10.9. The van der Waals surface area contributed by atoms with E-state index in [0.717, 1.165) is 21.9 Å². The molecule has 2 N–H and O–H groups in total. The molecule has 0 radical (unpaired) electrons. The van der Waals surface area contributed by atoms with Crippen molar-refractivity contribution in [1.29, 1.82) is 0 Å². The molecule has 20 heavy (non-hydrogen) atoms. The van der Waals surface area contributed by atoms with Crippen LogP contribution >= 0.6 is 0 Å². The van der Waals surface area contributed by atoms with Gasteiger partial charge < -0.3 is 5.73 Å². The number of hydrogen-bond donors (Lipinski definition) is 1. The summed E-state index contributed by atoms with van der Waals surface area (Å²) < 4.78 is 0. The van der Waals surface area contributed by atoms with Crippen LogP contribution in [0.4, 0.5) is 5.82 Å². The van der Waals surface area contributed by atoms with Crippen LogP contribution in [0.15, 0.2) is 60.8 Å². The van der Waals surface area contributed by atoms with E-state index >= 15 is 0 Å². The largest absolute Gasteiger partial charge is 0.383 e. The quantitative estimate of drug-likeness (QED) is 0.737. The van der Waals surface area contributed by atoms with Crippen molar-refractivity contribution in [3.8, 4) is 0 Å². The van der Waals surface area contributed by atoms with Crippen LogP contribution in [0.2, 0.25) is 0 Å². The highest BCUT2D eigenvalue weighted by Gasteiger charge is 2.12. The molecule has 2 aromatic carbocycles. The zero-order valence-electron chi connectivity index (χ0n) is 10.9. The Kier molecular flexibility index (Phi) is 3.17. The van der Waals surface area contributed by atoms with Crippen LogP contribution < -0.4 is 5.73 Å². The fourth-order valence-electron chi connectivity index (χ4n) is 2.34. The number of carbonyl (C=O) groups is 1. The first-order chi connectivity index (χ1) is 9.75. The van der Waals surface area contributed by atoms with Crippen molar-refractivity contribution in [2.75, 3.05) is 5.73 Å². The van der Waals surface area contributed by atoms with Crippen LogP contribution in [-0.2, 0) is 6.42 Å². The van der Waals surface area contributed by atoms with Crippen LogP contribution in [0.3, 0.4) is 0 Å². The number of anilines is 1. The van der Waals surface area contributed by atoms with Crippen molar-refractivity contribution in [1.82, 2.24) is 4.98 Å². The molecule has 98 valence electrons. The van der Waals surface area contributed by atoms with Gasteiger partial charge in [-0.15, -0.1) is 0 Å². The molecule has 3 rings (SSSR count). The van der Waals surface area contributed by atoms with E-state index in [9.17, 15) is 4.79 Å². The van der Waals surface area contributed by atoms with Crippen LogP contribution in [0.25, 0.3) is 10.8 Å². The van der Waals surface area contributed by atoms with Gasteiger partial charge in [-0.1, -0.05) is 48.5 Å². The van der Waals surface area contributed by atoms with Crippen molar-refractivity contribution in [2.45, 2.75) is 6.42 Å². The number of aromatic nitrogens is 1. The molecular formula is C17H14N2O. The van der Waals surface area contributed by atoms with E-state index in [-0.39, 0.29) is 12.2 Å². The monoisotopic (exact) mass is 262 g/mol. The molecule has 0 fully saturated rings. The lowest BCUT2D eigenvalue weighted by Crippen LogP contribution is -2.07. The van der Waals surface area contributed by atoms with Gasteiger partial charge >= 0.3 is 0 Å². The fourth-order valence-corrected chi connectivity index (χ4v) is 2.34. The van der Waals surface area contributed by atoms with Crippen molar-refractivity contribution >= 4 is 22.4 Å². The Labute approximate surface area is 117 Å². The number of nitrogens with two attached hydrogens (primary N) is 1. The average Bonchev–Trinajstić information content (AvgIpc) is 2.49.